The van der Waals surface area contributed by atoms with Gasteiger partial charge in [-0.05, 0) is 31.9 Å². The summed E-state index contributed by atoms with van der Waals surface area (Å²) < 4.78 is 43.9. The number of piperazine rings is 1. The van der Waals surface area contributed by atoms with E-state index in [1.807, 2.05) is 0 Å². The largest absolute Gasteiger partial charge is 0.502 e. The molecule has 0 spiro atoms. The number of nitrogens with zero attached hydrogens (tertiary/aromatic N) is 4. The van der Waals surface area contributed by atoms with Crippen LogP contribution in [-0.4, -0.2) is 69.9 Å². The van der Waals surface area contributed by atoms with E-state index < -0.39 is 18.2 Å². The summed E-state index contributed by atoms with van der Waals surface area (Å²) in [4.78, 5) is 35.2. The Kier molecular flexibility index (Phi) is 5.50. The molecule has 2 aliphatic heterocycles. The van der Waals surface area contributed by atoms with E-state index in [1.54, 1.807) is 16.5 Å². The minimum Gasteiger partial charge on any atom is -0.465 e. The zero-order chi connectivity index (χ0) is 24.0. The van der Waals surface area contributed by atoms with Crippen molar-refractivity contribution in [3.63, 3.8) is 0 Å². The molecule has 2 aliphatic rings. The molecule has 2 unspecified atom stereocenters. The van der Waals surface area contributed by atoms with Gasteiger partial charge < -0.3 is 23.9 Å². The van der Waals surface area contributed by atoms with Gasteiger partial charge in [0.15, 0.2) is 16.8 Å². The van der Waals surface area contributed by atoms with Crippen molar-refractivity contribution >= 4 is 40.5 Å². The number of alkyl halides is 2. The number of esters is 1. The molecule has 5 rings (SSSR count). The van der Waals surface area contributed by atoms with Crippen LogP contribution >= 0.6 is 11.3 Å². The van der Waals surface area contributed by atoms with Crippen molar-refractivity contribution in [1.82, 2.24) is 14.9 Å². The van der Waals surface area contributed by atoms with Crippen molar-refractivity contribution in [2.24, 2.45) is 0 Å². The van der Waals surface area contributed by atoms with Crippen LogP contribution in [0.3, 0.4) is 0 Å². The summed E-state index contributed by atoms with van der Waals surface area (Å²) >= 11 is 1.33. The number of oxazole rings is 1. The Morgan fingerprint density at radius 3 is 2.65 bits per heavy atom. The van der Waals surface area contributed by atoms with Gasteiger partial charge >= 0.3 is 18.2 Å². The Labute approximate surface area is 195 Å². The number of aromatic nitrogens is 2. The predicted octanol–water partition coefficient (Wildman–Crippen LogP) is 3.82. The Balaban J connectivity index is 1.54. The molecule has 1 aromatic carbocycles. The van der Waals surface area contributed by atoms with Crippen molar-refractivity contribution < 1.29 is 37.4 Å². The second-order valence-electron chi connectivity index (χ2n) is 7.94. The van der Waals surface area contributed by atoms with Gasteiger partial charge in [0.05, 0.1) is 24.3 Å². The average Bonchev–Trinajstić information content (AvgIpc) is 3.52. The number of ether oxygens (including phenoxy) is 2. The van der Waals surface area contributed by atoms with Crippen LogP contribution in [0, 0.1) is 0 Å². The van der Waals surface area contributed by atoms with E-state index in [0.29, 0.717) is 23.7 Å². The monoisotopic (exact) mass is 494 g/mol. The van der Waals surface area contributed by atoms with Gasteiger partial charge in [0.1, 0.15) is 5.01 Å². The number of fused-ring (bicyclic) bond motifs is 3. The summed E-state index contributed by atoms with van der Waals surface area (Å²) in [6, 6.07) is 2.52. The molecule has 34 heavy (non-hydrogen) atoms. The smallest absolute Gasteiger partial charge is 0.465 e. The molecule has 2 saturated heterocycles. The Bertz CT molecular complexity index is 1220. The highest BCUT2D eigenvalue weighted by Crippen LogP contribution is 2.41. The first kappa shape index (κ1) is 22.3. The maximum Gasteiger partial charge on any atom is 0.502 e. The van der Waals surface area contributed by atoms with Gasteiger partial charge in [-0.25, -0.2) is 14.6 Å². The van der Waals surface area contributed by atoms with Crippen molar-refractivity contribution in [2.45, 2.75) is 38.0 Å². The third-order valence-corrected chi connectivity index (χ3v) is 6.69. The number of benzene rings is 1. The van der Waals surface area contributed by atoms with Crippen LogP contribution in [0.1, 0.15) is 19.8 Å². The lowest BCUT2D eigenvalue weighted by molar-refractivity contribution is -0.216. The molecule has 2 atom stereocenters. The lowest BCUT2D eigenvalue weighted by atomic mass is 10.2. The summed E-state index contributed by atoms with van der Waals surface area (Å²) in [5.74, 6) is -2.16. The fourth-order valence-corrected chi connectivity index (χ4v) is 5.14. The number of carbonyl (C=O) groups excluding carboxylic acids is 1. The Morgan fingerprint density at radius 2 is 2.03 bits per heavy atom. The van der Waals surface area contributed by atoms with Crippen LogP contribution < -0.4 is 9.64 Å². The number of rotatable bonds is 6. The molecule has 180 valence electrons. The predicted molar refractivity (Wildman–Crippen MR) is 116 cm³/mol. The summed E-state index contributed by atoms with van der Waals surface area (Å²) in [5.41, 5.74) is 0.706. The van der Waals surface area contributed by atoms with E-state index in [9.17, 15) is 23.5 Å². The second-order valence-corrected chi connectivity index (χ2v) is 8.84. The minimum absolute atomic E-state index is 0.000292. The summed E-state index contributed by atoms with van der Waals surface area (Å²) in [6.45, 7) is 1.90. The first-order chi connectivity index (χ1) is 16.3. The van der Waals surface area contributed by atoms with Gasteiger partial charge in [0.25, 0.3) is 6.01 Å². The van der Waals surface area contributed by atoms with Crippen molar-refractivity contribution in [3.05, 3.63) is 23.7 Å². The molecule has 10 nitrogen and oxygen atoms in total. The highest BCUT2D eigenvalue weighted by Gasteiger charge is 2.46. The van der Waals surface area contributed by atoms with Crippen LogP contribution in [0.15, 0.2) is 28.1 Å². The molecule has 4 heterocycles. The SMILES string of the molecule is CCOC(=O)C(F)(F)Oc1ccc(-c2nccs2)c2oc(N3CC4CCC(C3)N4C(=O)O)nc12. The number of amides is 1. The molecule has 1 N–H and O–H groups in total. The minimum atomic E-state index is -4.23. The van der Waals surface area contributed by atoms with E-state index in [1.165, 1.54) is 35.3 Å². The van der Waals surface area contributed by atoms with Gasteiger partial charge in [-0.2, -0.15) is 13.8 Å². The molecule has 0 aliphatic carbocycles. The van der Waals surface area contributed by atoms with Gasteiger partial charge in [-0.1, -0.05) is 0 Å². The molecule has 2 aromatic heterocycles. The molecule has 0 saturated carbocycles. The molecule has 2 bridgehead atoms. The zero-order valence-electron chi connectivity index (χ0n) is 17.9. The van der Waals surface area contributed by atoms with Crippen LogP contribution in [0.2, 0.25) is 0 Å². The van der Waals surface area contributed by atoms with Crippen molar-refractivity contribution in [2.75, 3.05) is 24.6 Å². The molecule has 2 fully saturated rings. The Hall–Kier alpha value is -3.48. The van der Waals surface area contributed by atoms with E-state index in [4.69, 9.17) is 9.15 Å². The molecule has 3 aromatic rings. The van der Waals surface area contributed by atoms with Crippen molar-refractivity contribution in [3.8, 4) is 16.3 Å². The van der Waals surface area contributed by atoms with Crippen LogP contribution in [-0.2, 0) is 9.53 Å². The number of carbonyl (C=O) groups is 2. The number of hydrogen-bond donors (Lipinski definition) is 1. The number of thiazole rings is 1. The molecule has 1 amide bonds. The van der Waals surface area contributed by atoms with Gasteiger partial charge in [-0.3, -0.25) is 4.90 Å². The van der Waals surface area contributed by atoms with Gasteiger partial charge in [0, 0.05) is 24.7 Å². The highest BCUT2D eigenvalue weighted by atomic mass is 32.1. The third-order valence-electron chi connectivity index (χ3n) is 5.88. The fraction of sp³-hybridized carbons (Fsp3) is 0.429. The number of anilines is 1. The van der Waals surface area contributed by atoms with E-state index in [-0.39, 0.29) is 41.6 Å². The highest BCUT2D eigenvalue weighted by molar-refractivity contribution is 7.13. The number of halogens is 2. The summed E-state index contributed by atoms with van der Waals surface area (Å²) in [7, 11) is 0. The standard InChI is InChI=1S/C21H20F2N4O6S/c1-2-31-18(28)21(22,23)33-14-6-5-13(17-24-7-8-34-17)16-15(14)25-19(32-16)26-9-11-3-4-12(10-26)27(11)20(29)30/h5-8,11-12H,2-4,9-10H2,1H3,(H,29,30). The molecular formula is C21H20F2N4O6S. The van der Waals surface area contributed by atoms with Crippen molar-refractivity contribution in [1.29, 1.82) is 0 Å². The topological polar surface area (TPSA) is 118 Å². The normalized spacial score (nSPS) is 20.1. The average molecular weight is 494 g/mol. The van der Waals surface area contributed by atoms with Crippen LogP contribution in [0.4, 0.5) is 19.6 Å². The maximum atomic E-state index is 14.3. The second kappa shape index (κ2) is 8.38. The number of hydrogen-bond acceptors (Lipinski definition) is 9. The molecular weight excluding hydrogens is 474 g/mol. The van der Waals surface area contributed by atoms with Gasteiger partial charge in [0.2, 0.25) is 0 Å². The number of carboxylic acid groups (broad SMARTS) is 1. The Morgan fingerprint density at radius 1 is 1.29 bits per heavy atom. The van der Waals surface area contributed by atoms with E-state index >= 15 is 0 Å². The summed E-state index contributed by atoms with van der Waals surface area (Å²) in [6.07, 6.45) is -2.15. The van der Waals surface area contributed by atoms with Crippen LogP contribution in [0.5, 0.6) is 5.75 Å². The first-order valence-electron chi connectivity index (χ1n) is 10.6. The lowest BCUT2D eigenvalue weighted by Gasteiger charge is -2.38. The first-order valence-corrected chi connectivity index (χ1v) is 11.5. The molecule has 0 radical (unpaired) electrons. The lowest BCUT2D eigenvalue weighted by Crippen LogP contribution is -2.55. The fourth-order valence-electron chi connectivity index (χ4n) is 4.48. The zero-order valence-corrected chi connectivity index (χ0v) is 18.8. The molecule has 13 heteroatoms. The maximum absolute atomic E-state index is 14.3. The third kappa shape index (κ3) is 3.79. The van der Waals surface area contributed by atoms with E-state index in [0.717, 1.165) is 12.8 Å². The van der Waals surface area contributed by atoms with Crippen LogP contribution in [0.25, 0.3) is 21.7 Å². The van der Waals surface area contributed by atoms with E-state index in [2.05, 4.69) is 14.7 Å². The van der Waals surface area contributed by atoms with Gasteiger partial charge in [-0.15, -0.1) is 11.3 Å². The quantitative estimate of drug-likeness (QED) is 0.510. The summed E-state index contributed by atoms with van der Waals surface area (Å²) in [5, 5.41) is 11.9.